The molecule has 0 aromatic carbocycles. The molecule has 0 spiro atoms. The summed E-state index contributed by atoms with van der Waals surface area (Å²) in [5.41, 5.74) is 0. The van der Waals surface area contributed by atoms with E-state index in [1.54, 1.807) is 6.08 Å². The van der Waals surface area contributed by atoms with Crippen molar-refractivity contribution >= 4 is 17.8 Å². The lowest BCUT2D eigenvalue weighted by molar-refractivity contribution is -0.192. The smallest absolute Gasteiger partial charge is 0.480 e. The summed E-state index contributed by atoms with van der Waals surface area (Å²) < 4.78 is 31.7. The van der Waals surface area contributed by atoms with E-state index in [4.69, 9.17) is 15.0 Å². The molecule has 0 bridgehead atoms. The minimum atomic E-state index is -5.08. The highest BCUT2D eigenvalue weighted by molar-refractivity contribution is 5.74. The molecule has 1 aliphatic rings. The third kappa shape index (κ3) is 7.07. The molecule has 22 heavy (non-hydrogen) atoms. The lowest BCUT2D eigenvalue weighted by atomic mass is 9.99. The molecule has 0 unspecified atom stereocenters. The van der Waals surface area contributed by atoms with E-state index in [0.717, 1.165) is 0 Å². The first-order chi connectivity index (χ1) is 9.98. The van der Waals surface area contributed by atoms with Gasteiger partial charge >= 0.3 is 18.1 Å². The molecule has 0 aromatic rings. The number of amides is 1. The van der Waals surface area contributed by atoms with E-state index in [9.17, 15) is 22.8 Å². The molecule has 4 N–H and O–H groups in total. The van der Waals surface area contributed by atoms with Gasteiger partial charge in [-0.15, -0.1) is 6.58 Å². The van der Waals surface area contributed by atoms with Crippen molar-refractivity contribution in [1.29, 1.82) is 0 Å². The lowest BCUT2D eigenvalue weighted by Gasteiger charge is -2.16. The van der Waals surface area contributed by atoms with E-state index in [0.29, 0.717) is 13.0 Å². The van der Waals surface area contributed by atoms with E-state index < -0.39 is 24.2 Å². The van der Waals surface area contributed by atoms with Crippen LogP contribution in [0.2, 0.25) is 0 Å². The molecular weight excluding hydrogens is 309 g/mol. The van der Waals surface area contributed by atoms with Crippen molar-refractivity contribution in [3.8, 4) is 0 Å². The van der Waals surface area contributed by atoms with Crippen LogP contribution in [0, 0.1) is 5.92 Å². The molecule has 0 saturated carbocycles. The van der Waals surface area contributed by atoms with Crippen LogP contribution >= 0.6 is 0 Å². The Morgan fingerprint density at radius 3 is 2.18 bits per heavy atom. The van der Waals surface area contributed by atoms with Gasteiger partial charge in [0.25, 0.3) is 0 Å². The minimum absolute atomic E-state index is 0.0347. The van der Waals surface area contributed by atoms with Crippen molar-refractivity contribution in [2.45, 2.75) is 31.6 Å². The Hall–Kier alpha value is -2.10. The first kappa shape index (κ1) is 19.9. The molecule has 7 nitrogen and oxygen atoms in total. The Bertz CT molecular complexity index is 439. The highest BCUT2D eigenvalue weighted by atomic mass is 19.4. The van der Waals surface area contributed by atoms with Gasteiger partial charge in [0.15, 0.2) is 0 Å². The lowest BCUT2D eigenvalue weighted by Crippen LogP contribution is -2.43. The largest absolute Gasteiger partial charge is 0.490 e. The molecule has 1 amide bonds. The van der Waals surface area contributed by atoms with Crippen molar-refractivity contribution < 1.29 is 37.8 Å². The molecule has 1 aliphatic heterocycles. The second-order valence-electron chi connectivity index (χ2n) is 4.54. The van der Waals surface area contributed by atoms with Gasteiger partial charge in [-0.1, -0.05) is 6.08 Å². The number of halogens is 3. The molecule has 126 valence electrons. The van der Waals surface area contributed by atoms with Gasteiger partial charge in [-0.2, -0.15) is 13.2 Å². The fourth-order valence-corrected chi connectivity index (χ4v) is 1.78. The van der Waals surface area contributed by atoms with Crippen LogP contribution in [0.25, 0.3) is 0 Å². The van der Waals surface area contributed by atoms with Gasteiger partial charge in [-0.3, -0.25) is 14.9 Å². The van der Waals surface area contributed by atoms with E-state index in [2.05, 4.69) is 17.2 Å². The van der Waals surface area contributed by atoms with E-state index >= 15 is 0 Å². The number of carboxylic acids is 2. The van der Waals surface area contributed by atoms with Crippen LogP contribution in [0.3, 0.4) is 0 Å². The highest BCUT2D eigenvalue weighted by Crippen LogP contribution is 2.21. The van der Waals surface area contributed by atoms with E-state index in [1.807, 2.05) is 0 Å². The molecule has 1 fully saturated rings. The first-order valence-corrected chi connectivity index (χ1v) is 6.15. The summed E-state index contributed by atoms with van der Waals surface area (Å²) in [6.07, 6.45) is -2.81. The third-order valence-electron chi connectivity index (χ3n) is 2.85. The number of alkyl halides is 3. The maximum atomic E-state index is 10.8. The molecule has 10 heteroatoms. The molecule has 1 heterocycles. The first-order valence-electron chi connectivity index (χ1n) is 6.15. The average molecular weight is 326 g/mol. The molecule has 0 aliphatic carbocycles. The Kier molecular flexibility index (Phi) is 7.57. The number of rotatable bonds is 4. The summed E-state index contributed by atoms with van der Waals surface area (Å²) in [7, 11) is 0. The summed E-state index contributed by atoms with van der Waals surface area (Å²) in [6.45, 7) is 5.55. The molecular formula is C12H17F3N2O5. The predicted molar refractivity (Wildman–Crippen MR) is 69.0 cm³/mol. The second kappa shape index (κ2) is 8.37. The van der Waals surface area contributed by atoms with Gasteiger partial charge in [0.1, 0.15) is 6.04 Å². The van der Waals surface area contributed by atoms with Crippen molar-refractivity contribution in [3.63, 3.8) is 0 Å². The van der Waals surface area contributed by atoms with Crippen molar-refractivity contribution in [1.82, 2.24) is 10.6 Å². The van der Waals surface area contributed by atoms with Crippen LogP contribution in [0.1, 0.15) is 13.3 Å². The Balaban J connectivity index is 0.000000534. The Morgan fingerprint density at radius 1 is 1.36 bits per heavy atom. The molecule has 0 aromatic heterocycles. The second-order valence-corrected chi connectivity index (χ2v) is 4.54. The summed E-state index contributed by atoms with van der Waals surface area (Å²) in [6, 6.07) is -0.570. The maximum absolute atomic E-state index is 10.8. The third-order valence-corrected chi connectivity index (χ3v) is 2.85. The number of hydrogen-bond acceptors (Lipinski definition) is 4. The SMILES string of the molecule is C=C[C@@H]1C[C@H](C(=O)O)N[C@H]1CNC(C)=O.O=C(O)C(F)(F)F. The molecule has 1 rings (SSSR count). The number of carbonyl (C=O) groups is 3. The number of nitrogens with one attached hydrogen (secondary N) is 2. The molecule has 0 radical (unpaired) electrons. The zero-order valence-electron chi connectivity index (χ0n) is 11.7. The van der Waals surface area contributed by atoms with Gasteiger partial charge in [0.05, 0.1) is 0 Å². The minimum Gasteiger partial charge on any atom is -0.480 e. The van der Waals surface area contributed by atoms with Gasteiger partial charge < -0.3 is 15.5 Å². The zero-order chi connectivity index (χ0) is 17.5. The van der Waals surface area contributed by atoms with Gasteiger partial charge in [0.2, 0.25) is 5.91 Å². The van der Waals surface area contributed by atoms with Crippen LogP contribution < -0.4 is 10.6 Å². The average Bonchev–Trinajstić information content (AvgIpc) is 2.79. The number of carboxylic acid groups (broad SMARTS) is 2. The normalized spacial score (nSPS) is 23.9. The summed E-state index contributed by atoms with van der Waals surface area (Å²) >= 11 is 0. The van der Waals surface area contributed by atoms with Crippen molar-refractivity contribution in [3.05, 3.63) is 12.7 Å². The summed E-state index contributed by atoms with van der Waals surface area (Å²) in [5.74, 6) is -3.63. The topological polar surface area (TPSA) is 116 Å². The quantitative estimate of drug-likeness (QED) is 0.555. The van der Waals surface area contributed by atoms with E-state index in [-0.39, 0.29) is 17.9 Å². The molecule has 3 atom stereocenters. The fourth-order valence-electron chi connectivity index (χ4n) is 1.78. The number of aliphatic carboxylic acids is 2. The maximum Gasteiger partial charge on any atom is 0.490 e. The summed E-state index contributed by atoms with van der Waals surface area (Å²) in [5, 5.41) is 21.6. The van der Waals surface area contributed by atoms with Crippen LogP contribution in [0.15, 0.2) is 12.7 Å². The Morgan fingerprint density at radius 2 is 1.86 bits per heavy atom. The fraction of sp³-hybridized carbons (Fsp3) is 0.583. The van der Waals surface area contributed by atoms with Crippen molar-refractivity contribution in [2.24, 2.45) is 5.92 Å². The van der Waals surface area contributed by atoms with Gasteiger partial charge in [-0.25, -0.2) is 4.79 Å². The number of hydrogen-bond donors (Lipinski definition) is 4. The standard InChI is InChI=1S/C10H16N2O3.C2HF3O2/c1-3-7-4-8(10(14)15)12-9(7)5-11-6(2)13;3-2(4,5)1(6)7/h3,7-9,12H,1,4-5H2,2H3,(H,11,13)(H,14,15);(H,6,7)/t7-,8-,9+;/m1./s1. The monoisotopic (exact) mass is 326 g/mol. The van der Waals surface area contributed by atoms with Crippen LogP contribution in [-0.2, 0) is 14.4 Å². The molecule has 1 saturated heterocycles. The van der Waals surface area contributed by atoms with Crippen LogP contribution in [0.5, 0.6) is 0 Å². The van der Waals surface area contributed by atoms with Crippen LogP contribution in [0.4, 0.5) is 13.2 Å². The van der Waals surface area contributed by atoms with Gasteiger partial charge in [0, 0.05) is 19.5 Å². The van der Waals surface area contributed by atoms with Crippen molar-refractivity contribution in [2.75, 3.05) is 6.54 Å². The summed E-state index contributed by atoms with van der Waals surface area (Å²) in [4.78, 5) is 30.4. The number of carbonyl (C=O) groups excluding carboxylic acids is 1. The highest BCUT2D eigenvalue weighted by Gasteiger charge is 2.38. The van der Waals surface area contributed by atoms with Crippen LogP contribution in [-0.4, -0.2) is 52.9 Å². The zero-order valence-corrected chi connectivity index (χ0v) is 11.7. The predicted octanol–water partition coefficient (Wildman–Crippen LogP) is 0.373. The Labute approximate surface area is 124 Å². The van der Waals surface area contributed by atoms with E-state index in [1.165, 1.54) is 6.92 Å². The van der Waals surface area contributed by atoms with Gasteiger partial charge in [-0.05, 0) is 12.3 Å².